The van der Waals surface area contributed by atoms with Crippen molar-refractivity contribution in [3.05, 3.63) is 12.2 Å². The summed E-state index contributed by atoms with van der Waals surface area (Å²) in [4.78, 5) is 36.8. The summed E-state index contributed by atoms with van der Waals surface area (Å²) in [6, 6.07) is 0. The molecule has 0 amide bonds. The third kappa shape index (κ3) is 3.27. The Hall–Kier alpha value is -1.45. The van der Waals surface area contributed by atoms with Crippen LogP contribution in [0.3, 0.4) is 0 Å². The van der Waals surface area contributed by atoms with E-state index in [1.54, 1.807) is 0 Å². The Morgan fingerprint density at radius 1 is 0.944 bits per heavy atom. The molecule has 0 spiro atoms. The highest BCUT2D eigenvalue weighted by molar-refractivity contribution is 5.85. The van der Waals surface area contributed by atoms with E-state index in [4.69, 9.17) is 4.74 Å². The minimum atomic E-state index is -0.226. The van der Waals surface area contributed by atoms with Crippen LogP contribution in [-0.4, -0.2) is 24.6 Å². The normalized spacial score (nSPS) is 49.2. The predicted octanol–water partition coefficient (Wildman–Crippen LogP) is 6.96. The fraction of sp³-hybridized carbons (Fsp3) is 0.844. The lowest BCUT2D eigenvalue weighted by Gasteiger charge is -2.72. The molecule has 0 saturated heterocycles. The van der Waals surface area contributed by atoms with Crippen LogP contribution in [-0.2, 0) is 19.1 Å². The van der Waals surface area contributed by atoms with Gasteiger partial charge < -0.3 is 4.74 Å². The third-order valence-electron chi connectivity index (χ3n) is 13.5. The van der Waals surface area contributed by atoms with Crippen molar-refractivity contribution in [2.24, 2.45) is 56.7 Å². The summed E-state index contributed by atoms with van der Waals surface area (Å²) >= 11 is 0. The molecule has 9 atom stereocenters. The van der Waals surface area contributed by atoms with E-state index in [0.29, 0.717) is 36.1 Å². The van der Waals surface area contributed by atoms with E-state index in [1.807, 2.05) is 0 Å². The first-order valence-electron chi connectivity index (χ1n) is 14.6. The standard InChI is InChI=1S/C32H48O4/c1-20(18-33)22-10-15-32(19-36-21(2)34)17-16-30(6)23(27(22)32)8-9-25-29(5)13-12-26(35)28(3,4)24(29)11-14-31(25,30)7/h18,22-25,27H,1,8-17,19H2,2-7H3/t22-,23+,24-,25+,27+,29-,30+,31+,32+/m0/s1. The number of aldehydes is 1. The second-order valence-corrected chi connectivity index (χ2v) is 14.8. The van der Waals surface area contributed by atoms with Crippen LogP contribution < -0.4 is 0 Å². The molecule has 4 nitrogen and oxygen atoms in total. The first kappa shape index (κ1) is 26.2. The summed E-state index contributed by atoms with van der Waals surface area (Å²) < 4.78 is 5.72. The van der Waals surface area contributed by atoms with E-state index in [9.17, 15) is 14.4 Å². The molecule has 5 aliphatic carbocycles. The lowest BCUT2D eigenvalue weighted by Crippen LogP contribution is -2.66. The number of carbonyl (C=O) groups excluding carboxylic acids is 3. The molecule has 0 aromatic heterocycles. The minimum Gasteiger partial charge on any atom is -0.465 e. The first-order chi connectivity index (χ1) is 16.8. The highest BCUT2D eigenvalue weighted by Crippen LogP contribution is 2.77. The van der Waals surface area contributed by atoms with Gasteiger partial charge in [-0.25, -0.2) is 0 Å². The number of carbonyl (C=O) groups is 3. The number of rotatable bonds is 4. The molecule has 200 valence electrons. The van der Waals surface area contributed by atoms with Crippen LogP contribution in [0.15, 0.2) is 12.2 Å². The molecule has 0 radical (unpaired) electrons. The number of fused-ring (bicyclic) bond motifs is 7. The molecular weight excluding hydrogens is 448 g/mol. The Balaban J connectivity index is 1.54. The lowest BCUT2D eigenvalue weighted by molar-refractivity contribution is -0.237. The van der Waals surface area contributed by atoms with Gasteiger partial charge in [-0.3, -0.25) is 14.4 Å². The number of allylic oxidation sites excluding steroid dienone is 1. The van der Waals surface area contributed by atoms with Crippen molar-refractivity contribution in [3.63, 3.8) is 0 Å². The second kappa shape index (κ2) is 8.27. The number of esters is 1. The van der Waals surface area contributed by atoms with Crippen molar-refractivity contribution >= 4 is 18.0 Å². The van der Waals surface area contributed by atoms with Gasteiger partial charge >= 0.3 is 5.97 Å². The maximum Gasteiger partial charge on any atom is 0.302 e. The smallest absolute Gasteiger partial charge is 0.302 e. The Bertz CT molecular complexity index is 981. The number of ketones is 1. The summed E-state index contributed by atoms with van der Waals surface area (Å²) in [6.45, 7) is 18.3. The van der Waals surface area contributed by atoms with Crippen molar-refractivity contribution in [2.75, 3.05) is 6.61 Å². The summed E-state index contributed by atoms with van der Waals surface area (Å²) in [6.07, 6.45) is 11.7. The zero-order valence-corrected chi connectivity index (χ0v) is 23.6. The molecule has 5 aliphatic rings. The van der Waals surface area contributed by atoms with Crippen molar-refractivity contribution in [2.45, 2.75) is 106 Å². The van der Waals surface area contributed by atoms with Gasteiger partial charge in [0, 0.05) is 24.2 Å². The van der Waals surface area contributed by atoms with Gasteiger partial charge in [0.2, 0.25) is 0 Å². The van der Waals surface area contributed by atoms with E-state index < -0.39 is 0 Å². The maximum absolute atomic E-state index is 13.0. The SMILES string of the molecule is C=C(C=O)[C@@H]1CC[C@]2(COC(C)=O)CC[C@]3(C)[C@H](CC[C@@H]4[C@@]5(C)CCC(=O)C(C)(C)[C@@H]5CC[C@]43C)[C@@H]12. The summed E-state index contributed by atoms with van der Waals surface area (Å²) in [5.74, 6) is 2.39. The number of Topliss-reactive ketones (excluding diaryl/α,β-unsaturated/α-hetero) is 1. The van der Waals surface area contributed by atoms with E-state index >= 15 is 0 Å². The van der Waals surface area contributed by atoms with Gasteiger partial charge in [0.25, 0.3) is 0 Å². The Morgan fingerprint density at radius 3 is 2.33 bits per heavy atom. The van der Waals surface area contributed by atoms with E-state index in [2.05, 4.69) is 41.2 Å². The second-order valence-electron chi connectivity index (χ2n) is 14.8. The van der Waals surface area contributed by atoms with Gasteiger partial charge in [-0.1, -0.05) is 41.2 Å². The fourth-order valence-corrected chi connectivity index (χ4v) is 11.5. The largest absolute Gasteiger partial charge is 0.465 e. The Kier molecular flexibility index (Phi) is 6.01. The van der Waals surface area contributed by atoms with Crippen LogP contribution in [0.2, 0.25) is 0 Å². The highest BCUT2D eigenvalue weighted by atomic mass is 16.5. The zero-order chi connectivity index (χ0) is 26.3. The fourth-order valence-electron chi connectivity index (χ4n) is 11.5. The molecule has 5 rings (SSSR count). The van der Waals surface area contributed by atoms with Crippen LogP contribution in [0.25, 0.3) is 0 Å². The van der Waals surface area contributed by atoms with Crippen LogP contribution in [0.1, 0.15) is 106 Å². The Labute approximate surface area is 218 Å². The minimum absolute atomic E-state index is 0.0317. The van der Waals surface area contributed by atoms with Gasteiger partial charge in [0.05, 0.1) is 6.61 Å². The van der Waals surface area contributed by atoms with Crippen molar-refractivity contribution < 1.29 is 19.1 Å². The molecule has 0 aliphatic heterocycles. The monoisotopic (exact) mass is 496 g/mol. The average molecular weight is 497 g/mol. The van der Waals surface area contributed by atoms with Crippen LogP contribution in [0, 0.1) is 56.7 Å². The van der Waals surface area contributed by atoms with Crippen LogP contribution in [0.5, 0.6) is 0 Å². The topological polar surface area (TPSA) is 60.4 Å². The molecule has 5 fully saturated rings. The highest BCUT2D eigenvalue weighted by Gasteiger charge is 2.71. The predicted molar refractivity (Wildman–Crippen MR) is 141 cm³/mol. The third-order valence-corrected chi connectivity index (χ3v) is 13.5. The van der Waals surface area contributed by atoms with Gasteiger partial charge in [0.1, 0.15) is 12.1 Å². The molecule has 0 aromatic rings. The summed E-state index contributed by atoms with van der Waals surface area (Å²) in [7, 11) is 0. The summed E-state index contributed by atoms with van der Waals surface area (Å²) in [5, 5.41) is 0. The summed E-state index contributed by atoms with van der Waals surface area (Å²) in [5.41, 5.74) is 1.06. The van der Waals surface area contributed by atoms with E-state index in [0.717, 1.165) is 56.8 Å². The van der Waals surface area contributed by atoms with Gasteiger partial charge in [-0.2, -0.15) is 0 Å². The maximum atomic E-state index is 13.0. The number of ether oxygens (including phenoxy) is 1. The number of hydrogen-bond acceptors (Lipinski definition) is 4. The van der Waals surface area contributed by atoms with E-state index in [-0.39, 0.29) is 39.0 Å². The van der Waals surface area contributed by atoms with Crippen molar-refractivity contribution in [1.29, 1.82) is 0 Å². The lowest BCUT2D eigenvalue weighted by atomic mass is 9.32. The first-order valence-corrected chi connectivity index (χ1v) is 14.6. The molecule has 0 N–H and O–H groups in total. The van der Waals surface area contributed by atoms with Gasteiger partial charge in [0.15, 0.2) is 0 Å². The Morgan fingerprint density at radius 2 is 1.67 bits per heavy atom. The van der Waals surface area contributed by atoms with Crippen molar-refractivity contribution in [3.8, 4) is 0 Å². The molecule has 0 heterocycles. The molecule has 0 aromatic carbocycles. The number of hydrogen-bond donors (Lipinski definition) is 0. The molecule has 36 heavy (non-hydrogen) atoms. The molecule has 0 unspecified atom stereocenters. The van der Waals surface area contributed by atoms with Gasteiger partial charge in [-0.15, -0.1) is 0 Å². The molecule has 5 saturated carbocycles. The average Bonchev–Trinajstić information content (AvgIpc) is 3.20. The van der Waals surface area contributed by atoms with Gasteiger partial charge in [-0.05, 0) is 109 Å². The van der Waals surface area contributed by atoms with Crippen molar-refractivity contribution in [1.82, 2.24) is 0 Å². The molecular formula is C32H48O4. The zero-order valence-electron chi connectivity index (χ0n) is 23.6. The van der Waals surface area contributed by atoms with E-state index in [1.165, 1.54) is 26.2 Å². The van der Waals surface area contributed by atoms with Crippen LogP contribution >= 0.6 is 0 Å². The molecule has 0 bridgehead atoms. The molecule has 4 heteroatoms. The quantitative estimate of drug-likeness (QED) is 0.240. The van der Waals surface area contributed by atoms with Crippen LogP contribution in [0.4, 0.5) is 0 Å².